The molecule has 1 aromatic carbocycles. The number of hydrogen-bond acceptors (Lipinski definition) is 7. The SMILES string of the molecule is O=[N+]([O-])c1ccc(OS(=O)(=O)[O-])c([O-])c1.[K+].[K+]. The largest absolute Gasteiger partial charge is 1.00 e. The van der Waals surface area contributed by atoms with E-state index in [-0.39, 0.29) is 103 Å². The molecule has 0 saturated heterocycles. The summed E-state index contributed by atoms with van der Waals surface area (Å²) in [6.45, 7) is 0. The number of nitrogens with zero attached hydrogens (tertiary/aromatic N) is 1. The summed E-state index contributed by atoms with van der Waals surface area (Å²) < 4.78 is 34.1. The van der Waals surface area contributed by atoms with E-state index in [1.54, 1.807) is 0 Å². The van der Waals surface area contributed by atoms with E-state index >= 15 is 0 Å². The minimum atomic E-state index is -5.05. The summed E-state index contributed by atoms with van der Waals surface area (Å²) >= 11 is 0. The summed E-state index contributed by atoms with van der Waals surface area (Å²) in [6, 6.07) is 2.15. The summed E-state index contributed by atoms with van der Waals surface area (Å²) in [7, 11) is -5.05. The molecule has 11 heteroatoms. The van der Waals surface area contributed by atoms with Gasteiger partial charge in [-0.05, 0) is 6.07 Å². The van der Waals surface area contributed by atoms with Crippen LogP contribution in [0.3, 0.4) is 0 Å². The molecule has 0 spiro atoms. The normalized spacial score (nSPS) is 9.71. The van der Waals surface area contributed by atoms with Crippen LogP contribution >= 0.6 is 0 Å². The zero-order valence-electron chi connectivity index (χ0n) is 8.95. The van der Waals surface area contributed by atoms with Crippen molar-refractivity contribution in [3.63, 3.8) is 0 Å². The second-order valence-corrected chi connectivity index (χ2v) is 3.36. The monoisotopic (exact) mass is 311 g/mol. The van der Waals surface area contributed by atoms with Crippen molar-refractivity contribution < 1.29 is 130 Å². The summed E-state index contributed by atoms with van der Waals surface area (Å²) in [4.78, 5) is 9.36. The van der Waals surface area contributed by atoms with E-state index in [1.807, 2.05) is 0 Å². The molecule has 0 bridgehead atoms. The predicted octanol–water partition coefficient (Wildman–Crippen LogP) is -6.48. The van der Waals surface area contributed by atoms with Gasteiger partial charge in [0.2, 0.25) is 0 Å². The third kappa shape index (κ3) is 7.54. The molecule has 0 amide bonds. The number of nitro groups is 1. The standard InChI is InChI=1S/C6H5NO7S.2K/c8-5-3-4(7(9)10)1-2-6(5)14-15(11,12)13;;/h1-3,8H,(H,11,12,13);;/q;2*+1/p-2. The molecule has 0 fully saturated rings. The zero-order valence-corrected chi connectivity index (χ0v) is 16.0. The number of non-ortho nitro benzene ring substituents is 1. The molecule has 0 atom stereocenters. The molecule has 0 heterocycles. The van der Waals surface area contributed by atoms with Crippen LogP contribution in [-0.4, -0.2) is 17.9 Å². The van der Waals surface area contributed by atoms with Gasteiger partial charge >= 0.3 is 103 Å². The first-order valence-electron chi connectivity index (χ1n) is 3.40. The van der Waals surface area contributed by atoms with E-state index in [2.05, 4.69) is 4.18 Å². The molecule has 1 rings (SSSR count). The molecule has 0 aliphatic heterocycles. The quantitative estimate of drug-likeness (QED) is 0.178. The summed E-state index contributed by atoms with van der Waals surface area (Å²) in [5.41, 5.74) is -0.518. The van der Waals surface area contributed by atoms with Crippen LogP contribution < -0.4 is 112 Å². The molecule has 1 aromatic rings. The van der Waals surface area contributed by atoms with Gasteiger partial charge in [0, 0.05) is 12.1 Å². The molecule has 82 valence electrons. The van der Waals surface area contributed by atoms with Crippen LogP contribution in [0.15, 0.2) is 18.2 Å². The molecule has 0 aromatic heterocycles. The van der Waals surface area contributed by atoms with Crippen molar-refractivity contribution in [2.24, 2.45) is 0 Å². The van der Waals surface area contributed by atoms with Crippen LogP contribution in [-0.2, 0) is 10.4 Å². The maximum Gasteiger partial charge on any atom is 1.00 e. The summed E-state index contributed by atoms with van der Waals surface area (Å²) in [5.74, 6) is -1.82. The van der Waals surface area contributed by atoms with Gasteiger partial charge in [0.1, 0.15) is 5.75 Å². The van der Waals surface area contributed by atoms with Crippen molar-refractivity contribution in [1.29, 1.82) is 0 Å². The van der Waals surface area contributed by atoms with Gasteiger partial charge < -0.3 is 13.8 Å². The van der Waals surface area contributed by atoms with Crippen LogP contribution in [0.4, 0.5) is 5.69 Å². The van der Waals surface area contributed by atoms with Crippen LogP contribution in [0.1, 0.15) is 0 Å². The molecule has 0 radical (unpaired) electrons. The summed E-state index contributed by atoms with van der Waals surface area (Å²) in [6.07, 6.45) is 0. The molecule has 0 N–H and O–H groups in total. The fraction of sp³-hybridized carbons (Fsp3) is 0. The molecule has 8 nitrogen and oxygen atoms in total. The van der Waals surface area contributed by atoms with E-state index in [9.17, 15) is 28.2 Å². The fourth-order valence-corrected chi connectivity index (χ4v) is 1.15. The smallest absolute Gasteiger partial charge is 0.870 e. The third-order valence-corrected chi connectivity index (χ3v) is 1.71. The van der Waals surface area contributed by atoms with E-state index < -0.39 is 32.5 Å². The van der Waals surface area contributed by atoms with Crippen molar-refractivity contribution in [1.82, 2.24) is 0 Å². The van der Waals surface area contributed by atoms with E-state index in [0.29, 0.717) is 6.07 Å². The van der Waals surface area contributed by atoms with Crippen molar-refractivity contribution in [3.05, 3.63) is 28.3 Å². The zero-order chi connectivity index (χ0) is 11.6. The first-order chi connectivity index (χ1) is 6.79. The Kier molecular flexibility index (Phi) is 10.4. The van der Waals surface area contributed by atoms with E-state index in [0.717, 1.165) is 12.1 Å². The Morgan fingerprint density at radius 3 is 2.12 bits per heavy atom. The first kappa shape index (κ1) is 20.7. The Morgan fingerprint density at radius 1 is 1.24 bits per heavy atom. The van der Waals surface area contributed by atoms with Crippen LogP contribution in [0.5, 0.6) is 11.5 Å². The first-order valence-corrected chi connectivity index (χ1v) is 4.74. The Hall–Kier alpha value is 1.40. The molecule has 0 unspecified atom stereocenters. The summed E-state index contributed by atoms with van der Waals surface area (Å²) in [5, 5.41) is 21.2. The van der Waals surface area contributed by atoms with Crippen LogP contribution in [0.25, 0.3) is 0 Å². The molecule has 0 saturated carbocycles. The van der Waals surface area contributed by atoms with Gasteiger partial charge in [0.05, 0.1) is 4.92 Å². The molecule has 0 aliphatic rings. The van der Waals surface area contributed by atoms with Crippen LogP contribution in [0, 0.1) is 10.1 Å². The van der Waals surface area contributed by atoms with Gasteiger partial charge in [-0.25, -0.2) is 8.42 Å². The van der Waals surface area contributed by atoms with E-state index in [1.165, 1.54) is 0 Å². The number of rotatable bonds is 3. The maximum atomic E-state index is 11.0. The topological polar surface area (TPSA) is 133 Å². The number of benzene rings is 1. The second-order valence-electron chi connectivity index (χ2n) is 2.38. The van der Waals surface area contributed by atoms with Crippen molar-refractivity contribution >= 4 is 16.1 Å². The van der Waals surface area contributed by atoms with Gasteiger partial charge in [-0.2, -0.15) is 0 Å². The van der Waals surface area contributed by atoms with Crippen LogP contribution in [0.2, 0.25) is 0 Å². The Bertz CT molecular complexity index is 503. The third-order valence-electron chi connectivity index (χ3n) is 1.33. The average molecular weight is 311 g/mol. The van der Waals surface area contributed by atoms with Crippen molar-refractivity contribution in [2.45, 2.75) is 0 Å². The van der Waals surface area contributed by atoms with Gasteiger partial charge in [-0.3, -0.25) is 10.1 Å². The van der Waals surface area contributed by atoms with Gasteiger partial charge in [-0.1, -0.05) is 5.75 Å². The Labute approximate surface area is 182 Å². The molecule has 0 aliphatic carbocycles. The Balaban J connectivity index is 0. The predicted molar refractivity (Wildman–Crippen MR) is 42.9 cm³/mol. The average Bonchev–Trinajstić information content (AvgIpc) is 2.05. The van der Waals surface area contributed by atoms with Gasteiger partial charge in [0.15, 0.2) is 0 Å². The molecular formula is C6H3K2NO7S. The minimum absolute atomic E-state index is 0. The molecule has 17 heavy (non-hydrogen) atoms. The minimum Gasteiger partial charge on any atom is -0.870 e. The maximum absolute atomic E-state index is 11.0. The van der Waals surface area contributed by atoms with Crippen molar-refractivity contribution in [3.8, 4) is 11.5 Å². The van der Waals surface area contributed by atoms with Crippen molar-refractivity contribution in [2.75, 3.05) is 0 Å². The molecular weight excluding hydrogens is 308 g/mol. The second kappa shape index (κ2) is 8.55. The number of hydrogen-bond donors (Lipinski definition) is 0. The van der Waals surface area contributed by atoms with Gasteiger partial charge in [-0.15, -0.1) is 0 Å². The number of nitro benzene ring substituents is 1. The van der Waals surface area contributed by atoms with Gasteiger partial charge in [0.25, 0.3) is 16.1 Å². The van der Waals surface area contributed by atoms with E-state index in [4.69, 9.17) is 0 Å². The Morgan fingerprint density at radius 2 is 1.76 bits per heavy atom. The fourth-order valence-electron chi connectivity index (χ4n) is 0.789.